The fraction of sp³-hybridized carbons (Fsp3) is 0.667. The van der Waals surface area contributed by atoms with Gasteiger partial charge in [-0.3, -0.25) is 4.98 Å². The fourth-order valence-electron chi connectivity index (χ4n) is 2.83. The van der Waals surface area contributed by atoms with Crippen molar-refractivity contribution in [1.29, 1.82) is 0 Å². The molecule has 1 heterocycles. The van der Waals surface area contributed by atoms with Crippen molar-refractivity contribution in [1.82, 2.24) is 10.3 Å². The predicted molar refractivity (Wildman–Crippen MR) is 72.2 cm³/mol. The Morgan fingerprint density at radius 2 is 2.06 bits per heavy atom. The highest BCUT2D eigenvalue weighted by atomic mass is 14.9. The van der Waals surface area contributed by atoms with E-state index in [9.17, 15) is 0 Å². The van der Waals surface area contributed by atoms with Gasteiger partial charge in [0.1, 0.15) is 0 Å². The van der Waals surface area contributed by atoms with E-state index in [0.29, 0.717) is 6.04 Å². The molecule has 1 aliphatic carbocycles. The van der Waals surface area contributed by atoms with E-state index in [-0.39, 0.29) is 0 Å². The molecule has 2 rings (SSSR count). The highest BCUT2D eigenvalue weighted by Crippen LogP contribution is 2.27. The van der Waals surface area contributed by atoms with Crippen molar-refractivity contribution in [3.8, 4) is 0 Å². The van der Waals surface area contributed by atoms with Crippen LogP contribution in [0.4, 0.5) is 0 Å². The molecule has 1 N–H and O–H groups in total. The summed E-state index contributed by atoms with van der Waals surface area (Å²) in [4.78, 5) is 4.58. The van der Waals surface area contributed by atoms with E-state index < -0.39 is 0 Å². The number of hydrogen-bond donors (Lipinski definition) is 1. The van der Waals surface area contributed by atoms with E-state index in [1.807, 2.05) is 0 Å². The molecule has 17 heavy (non-hydrogen) atoms. The monoisotopic (exact) mass is 232 g/mol. The first kappa shape index (κ1) is 12.6. The van der Waals surface area contributed by atoms with Crippen molar-refractivity contribution in [2.75, 3.05) is 6.54 Å². The smallest absolute Gasteiger partial charge is 0.0426 e. The molecule has 94 valence electrons. The second kappa shape index (κ2) is 5.18. The molecule has 2 nitrogen and oxygen atoms in total. The van der Waals surface area contributed by atoms with Gasteiger partial charge < -0.3 is 5.32 Å². The fourth-order valence-corrected chi connectivity index (χ4v) is 2.83. The van der Waals surface area contributed by atoms with Crippen LogP contribution in [-0.2, 0) is 0 Å². The van der Waals surface area contributed by atoms with Crippen LogP contribution < -0.4 is 5.32 Å². The summed E-state index contributed by atoms with van der Waals surface area (Å²) in [6.07, 6.45) is 4.23. The number of nitrogens with zero attached hydrogens (tertiary/aromatic N) is 1. The van der Waals surface area contributed by atoms with Crippen molar-refractivity contribution < 1.29 is 0 Å². The molecule has 1 saturated carbocycles. The van der Waals surface area contributed by atoms with Gasteiger partial charge >= 0.3 is 0 Å². The van der Waals surface area contributed by atoms with Crippen molar-refractivity contribution in [2.24, 2.45) is 5.92 Å². The lowest BCUT2D eigenvalue weighted by Crippen LogP contribution is -2.30. The van der Waals surface area contributed by atoms with Gasteiger partial charge in [0.25, 0.3) is 0 Å². The first-order chi connectivity index (χ1) is 8.08. The zero-order valence-corrected chi connectivity index (χ0v) is 11.5. The van der Waals surface area contributed by atoms with Gasteiger partial charge in [0.15, 0.2) is 0 Å². The normalized spacial score (nSPS) is 17.9. The number of aryl methyl sites for hydroxylation is 3. The molecule has 1 aromatic heterocycles. The van der Waals surface area contributed by atoms with Crippen LogP contribution in [0.3, 0.4) is 0 Å². The Morgan fingerprint density at radius 3 is 2.59 bits per heavy atom. The zero-order chi connectivity index (χ0) is 12.4. The molecule has 1 fully saturated rings. The third kappa shape index (κ3) is 2.86. The van der Waals surface area contributed by atoms with Crippen molar-refractivity contribution in [3.63, 3.8) is 0 Å². The van der Waals surface area contributed by atoms with Gasteiger partial charge in [-0.2, -0.15) is 0 Å². The summed E-state index contributed by atoms with van der Waals surface area (Å²) in [7, 11) is 0. The number of nitrogens with one attached hydrogen (secondary N) is 1. The maximum atomic E-state index is 4.58. The summed E-state index contributed by atoms with van der Waals surface area (Å²) in [5.74, 6) is 0.913. The minimum absolute atomic E-state index is 0.420. The largest absolute Gasteiger partial charge is 0.310 e. The molecule has 2 heteroatoms. The van der Waals surface area contributed by atoms with Gasteiger partial charge in [0, 0.05) is 17.4 Å². The predicted octanol–water partition coefficient (Wildman–Crippen LogP) is 3.46. The summed E-state index contributed by atoms with van der Waals surface area (Å²) >= 11 is 0. The summed E-state index contributed by atoms with van der Waals surface area (Å²) in [6, 6.07) is 2.60. The second-order valence-electron chi connectivity index (χ2n) is 5.51. The maximum absolute atomic E-state index is 4.58. The van der Waals surface area contributed by atoms with E-state index in [2.05, 4.69) is 44.1 Å². The lowest BCUT2D eigenvalue weighted by atomic mass is 9.85. The first-order valence-electron chi connectivity index (χ1n) is 6.76. The molecule has 0 radical (unpaired) electrons. The highest BCUT2D eigenvalue weighted by molar-refractivity contribution is 5.33. The van der Waals surface area contributed by atoms with Crippen LogP contribution in [-0.4, -0.2) is 11.5 Å². The molecule has 0 aromatic carbocycles. The van der Waals surface area contributed by atoms with E-state index in [4.69, 9.17) is 0 Å². The van der Waals surface area contributed by atoms with Crippen molar-refractivity contribution in [3.05, 3.63) is 28.6 Å². The Hall–Kier alpha value is -0.890. The minimum Gasteiger partial charge on any atom is -0.310 e. The number of hydrogen-bond acceptors (Lipinski definition) is 2. The van der Waals surface area contributed by atoms with Crippen LogP contribution >= 0.6 is 0 Å². The van der Waals surface area contributed by atoms with Gasteiger partial charge in [0.2, 0.25) is 0 Å². The molecule has 1 atom stereocenters. The zero-order valence-electron chi connectivity index (χ0n) is 11.5. The Labute approximate surface area is 105 Å². The van der Waals surface area contributed by atoms with Crippen LogP contribution in [0.5, 0.6) is 0 Å². The Balaban J connectivity index is 2.04. The van der Waals surface area contributed by atoms with Crippen LogP contribution in [0.25, 0.3) is 0 Å². The topological polar surface area (TPSA) is 24.9 Å². The molecule has 1 aromatic rings. The molecule has 0 amide bonds. The molecule has 1 unspecified atom stereocenters. The van der Waals surface area contributed by atoms with Crippen LogP contribution in [0.2, 0.25) is 0 Å². The lowest BCUT2D eigenvalue weighted by Gasteiger charge is -2.28. The van der Waals surface area contributed by atoms with Gasteiger partial charge in [0.05, 0.1) is 0 Å². The molecule has 0 aliphatic heterocycles. The quantitative estimate of drug-likeness (QED) is 0.860. The van der Waals surface area contributed by atoms with Crippen LogP contribution in [0.1, 0.15) is 54.7 Å². The van der Waals surface area contributed by atoms with Crippen LogP contribution in [0.15, 0.2) is 6.07 Å². The maximum Gasteiger partial charge on any atom is 0.0426 e. The molecule has 0 bridgehead atoms. The molecular formula is C15H24N2. The molecule has 0 saturated heterocycles. The summed E-state index contributed by atoms with van der Waals surface area (Å²) < 4.78 is 0. The summed E-state index contributed by atoms with van der Waals surface area (Å²) in [5.41, 5.74) is 5.05. The average Bonchev–Trinajstić information content (AvgIpc) is 2.13. The molecule has 0 spiro atoms. The van der Waals surface area contributed by atoms with E-state index in [0.717, 1.165) is 18.2 Å². The third-order valence-corrected chi connectivity index (χ3v) is 3.95. The second-order valence-corrected chi connectivity index (χ2v) is 5.51. The van der Waals surface area contributed by atoms with E-state index >= 15 is 0 Å². The number of rotatable bonds is 4. The third-order valence-electron chi connectivity index (χ3n) is 3.95. The molecular weight excluding hydrogens is 208 g/mol. The average molecular weight is 232 g/mol. The highest BCUT2D eigenvalue weighted by Gasteiger charge is 2.19. The van der Waals surface area contributed by atoms with Crippen LogP contribution in [0, 0.1) is 26.7 Å². The summed E-state index contributed by atoms with van der Waals surface area (Å²) in [5, 5.41) is 3.66. The van der Waals surface area contributed by atoms with Crippen molar-refractivity contribution >= 4 is 0 Å². The van der Waals surface area contributed by atoms with E-state index in [1.54, 1.807) is 0 Å². The Bertz CT molecular complexity index is 371. The van der Waals surface area contributed by atoms with Gasteiger partial charge in [-0.05, 0) is 70.2 Å². The van der Waals surface area contributed by atoms with Gasteiger partial charge in [-0.1, -0.05) is 6.42 Å². The minimum atomic E-state index is 0.420. The van der Waals surface area contributed by atoms with Crippen molar-refractivity contribution in [2.45, 2.75) is 53.0 Å². The number of aromatic nitrogens is 1. The Kier molecular flexibility index (Phi) is 3.82. The first-order valence-corrected chi connectivity index (χ1v) is 6.76. The Morgan fingerprint density at radius 1 is 1.35 bits per heavy atom. The number of pyridine rings is 1. The van der Waals surface area contributed by atoms with Gasteiger partial charge in [-0.15, -0.1) is 0 Å². The van der Waals surface area contributed by atoms with Gasteiger partial charge in [-0.25, -0.2) is 0 Å². The standard InChI is InChI=1S/C15H24N2/c1-10-8-11(2)17-13(4)15(10)12(3)16-9-14-6-5-7-14/h8,12,14,16H,5-7,9H2,1-4H3. The molecule has 1 aliphatic rings. The summed E-state index contributed by atoms with van der Waals surface area (Å²) in [6.45, 7) is 9.80. The SMILES string of the molecule is Cc1cc(C)c(C(C)NCC2CCC2)c(C)n1. The van der Waals surface area contributed by atoms with E-state index in [1.165, 1.54) is 36.1 Å². The lowest BCUT2D eigenvalue weighted by molar-refractivity contribution is 0.292.